The Morgan fingerprint density at radius 2 is 1.88 bits per heavy atom. The van der Waals surface area contributed by atoms with Crippen LogP contribution in [0.1, 0.15) is 12.8 Å². The second-order valence-electron chi connectivity index (χ2n) is 5.77. The lowest BCUT2D eigenvalue weighted by Crippen LogP contribution is -2.34. The van der Waals surface area contributed by atoms with Crippen molar-refractivity contribution in [3.63, 3.8) is 0 Å². The van der Waals surface area contributed by atoms with Crippen LogP contribution in [0.5, 0.6) is 0 Å². The Kier molecular flexibility index (Phi) is 3.56. The van der Waals surface area contributed by atoms with Gasteiger partial charge in [0, 0.05) is 13.1 Å². The van der Waals surface area contributed by atoms with Gasteiger partial charge in [0.2, 0.25) is 5.91 Å². The van der Waals surface area contributed by atoms with Gasteiger partial charge in [0.15, 0.2) is 11.2 Å². The molecular weight excluding hydrogens is 308 g/mol. The molecule has 0 spiro atoms. The predicted octanol–water partition coefficient (Wildman–Crippen LogP) is 0.600. The Bertz CT molecular complexity index is 940. The van der Waals surface area contributed by atoms with Gasteiger partial charge in [-0.3, -0.25) is 14.2 Å². The largest absolute Gasteiger partial charge is 0.341 e. The molecule has 0 atom stereocenters. The molecule has 1 aliphatic heterocycles. The molecule has 1 amide bonds. The van der Waals surface area contributed by atoms with Crippen molar-refractivity contribution in [2.24, 2.45) is 0 Å². The molecule has 0 bridgehead atoms. The first-order valence-electron chi connectivity index (χ1n) is 7.88. The van der Waals surface area contributed by atoms with Crippen molar-refractivity contribution in [1.82, 2.24) is 29.4 Å². The fourth-order valence-corrected chi connectivity index (χ4v) is 2.91. The number of rotatable bonds is 3. The van der Waals surface area contributed by atoms with E-state index in [0.717, 1.165) is 31.6 Å². The third-order valence-corrected chi connectivity index (χ3v) is 4.19. The van der Waals surface area contributed by atoms with Crippen LogP contribution in [0.3, 0.4) is 0 Å². The lowest BCUT2D eigenvalue weighted by atomic mass is 10.3. The van der Waals surface area contributed by atoms with E-state index in [-0.39, 0.29) is 23.5 Å². The SMILES string of the molecule is O=C(Cn1cnc2c(nnn2-c2ccccc2)c1=O)N1CCCC1. The minimum absolute atomic E-state index is 0.0139. The predicted molar refractivity (Wildman–Crippen MR) is 86.7 cm³/mol. The fraction of sp³-hybridized carbons (Fsp3) is 0.312. The molecule has 0 saturated carbocycles. The molecule has 4 rings (SSSR count). The second kappa shape index (κ2) is 5.88. The molecule has 3 aromatic rings. The van der Waals surface area contributed by atoms with Gasteiger partial charge in [-0.25, -0.2) is 4.98 Å². The summed E-state index contributed by atoms with van der Waals surface area (Å²) in [7, 11) is 0. The Labute approximate surface area is 137 Å². The minimum atomic E-state index is -0.352. The van der Waals surface area contributed by atoms with Gasteiger partial charge in [0.1, 0.15) is 12.9 Å². The average Bonchev–Trinajstić information content (AvgIpc) is 3.28. The van der Waals surface area contributed by atoms with E-state index in [2.05, 4.69) is 15.3 Å². The fourth-order valence-electron chi connectivity index (χ4n) is 2.91. The van der Waals surface area contributed by atoms with Crippen molar-refractivity contribution in [2.45, 2.75) is 19.4 Å². The van der Waals surface area contributed by atoms with Gasteiger partial charge in [0.05, 0.1) is 5.69 Å². The van der Waals surface area contributed by atoms with Gasteiger partial charge in [-0.1, -0.05) is 23.4 Å². The highest BCUT2D eigenvalue weighted by Gasteiger charge is 2.20. The first-order valence-corrected chi connectivity index (χ1v) is 7.88. The lowest BCUT2D eigenvalue weighted by molar-refractivity contribution is -0.130. The summed E-state index contributed by atoms with van der Waals surface area (Å²) in [6.07, 6.45) is 3.42. The summed E-state index contributed by atoms with van der Waals surface area (Å²) >= 11 is 0. The standard InChI is InChI=1S/C16H16N6O2/c23-13(20-8-4-5-9-20)10-21-11-17-15-14(16(21)24)18-19-22(15)12-6-2-1-3-7-12/h1-3,6-7,11H,4-5,8-10H2. The molecule has 8 heteroatoms. The zero-order chi connectivity index (χ0) is 16.5. The number of hydrogen-bond donors (Lipinski definition) is 0. The van der Waals surface area contributed by atoms with Crippen LogP contribution in [0.15, 0.2) is 41.5 Å². The third-order valence-electron chi connectivity index (χ3n) is 4.19. The first-order chi connectivity index (χ1) is 11.7. The number of hydrogen-bond acceptors (Lipinski definition) is 5. The summed E-state index contributed by atoms with van der Waals surface area (Å²) in [4.78, 5) is 30.9. The van der Waals surface area contributed by atoms with Gasteiger partial charge in [0.25, 0.3) is 5.56 Å². The minimum Gasteiger partial charge on any atom is -0.341 e. The van der Waals surface area contributed by atoms with Crippen LogP contribution in [0.2, 0.25) is 0 Å². The number of carbonyl (C=O) groups is 1. The number of benzene rings is 1. The highest BCUT2D eigenvalue weighted by molar-refractivity contribution is 5.77. The van der Waals surface area contributed by atoms with Crippen molar-refractivity contribution in [1.29, 1.82) is 0 Å². The van der Waals surface area contributed by atoms with Crippen molar-refractivity contribution < 1.29 is 4.79 Å². The Morgan fingerprint density at radius 1 is 1.12 bits per heavy atom. The zero-order valence-electron chi connectivity index (χ0n) is 13.0. The van der Waals surface area contributed by atoms with E-state index in [1.807, 2.05) is 30.3 Å². The molecule has 24 heavy (non-hydrogen) atoms. The lowest BCUT2D eigenvalue weighted by Gasteiger charge is -2.15. The number of fused-ring (bicyclic) bond motifs is 1. The number of carbonyl (C=O) groups excluding carboxylic acids is 1. The third kappa shape index (κ3) is 2.45. The Hall–Kier alpha value is -3.03. The van der Waals surface area contributed by atoms with Crippen LogP contribution in [-0.4, -0.2) is 48.4 Å². The van der Waals surface area contributed by atoms with E-state index < -0.39 is 0 Å². The number of aromatic nitrogens is 5. The maximum Gasteiger partial charge on any atom is 0.284 e. The van der Waals surface area contributed by atoms with Crippen LogP contribution in [0.4, 0.5) is 0 Å². The van der Waals surface area contributed by atoms with Gasteiger partial charge in [-0.05, 0) is 25.0 Å². The maximum absolute atomic E-state index is 12.6. The molecule has 0 radical (unpaired) electrons. The molecule has 1 saturated heterocycles. The van der Waals surface area contributed by atoms with E-state index in [1.54, 1.807) is 4.90 Å². The van der Waals surface area contributed by atoms with Crippen LogP contribution >= 0.6 is 0 Å². The zero-order valence-corrected chi connectivity index (χ0v) is 13.0. The number of nitrogens with zero attached hydrogens (tertiary/aromatic N) is 6. The molecule has 8 nitrogen and oxygen atoms in total. The van der Waals surface area contributed by atoms with Crippen LogP contribution in [0, 0.1) is 0 Å². The molecule has 0 unspecified atom stereocenters. The van der Waals surface area contributed by atoms with Gasteiger partial charge in [-0.2, -0.15) is 4.68 Å². The molecule has 1 aromatic carbocycles. The molecule has 3 heterocycles. The van der Waals surface area contributed by atoms with Crippen LogP contribution in [-0.2, 0) is 11.3 Å². The van der Waals surface area contributed by atoms with Gasteiger partial charge >= 0.3 is 0 Å². The summed E-state index contributed by atoms with van der Waals surface area (Å²) in [6, 6.07) is 9.36. The maximum atomic E-state index is 12.6. The summed E-state index contributed by atoms with van der Waals surface area (Å²) in [5.74, 6) is -0.0637. The molecule has 0 N–H and O–H groups in total. The van der Waals surface area contributed by atoms with E-state index in [0.29, 0.717) is 5.65 Å². The van der Waals surface area contributed by atoms with Gasteiger partial charge < -0.3 is 4.90 Å². The first kappa shape index (κ1) is 14.6. The van der Waals surface area contributed by atoms with Crippen LogP contribution in [0.25, 0.3) is 16.9 Å². The summed E-state index contributed by atoms with van der Waals surface area (Å²) in [5, 5.41) is 7.97. The van der Waals surface area contributed by atoms with Crippen LogP contribution < -0.4 is 5.56 Å². The number of likely N-dealkylation sites (tertiary alicyclic amines) is 1. The van der Waals surface area contributed by atoms with Crippen molar-refractivity contribution in [2.75, 3.05) is 13.1 Å². The summed E-state index contributed by atoms with van der Waals surface area (Å²) in [6.45, 7) is 1.50. The average molecular weight is 324 g/mol. The summed E-state index contributed by atoms with van der Waals surface area (Å²) in [5.41, 5.74) is 0.971. The highest BCUT2D eigenvalue weighted by atomic mass is 16.2. The molecule has 1 fully saturated rings. The van der Waals surface area contributed by atoms with E-state index in [9.17, 15) is 9.59 Å². The van der Waals surface area contributed by atoms with Gasteiger partial charge in [-0.15, -0.1) is 5.10 Å². The number of para-hydroxylation sites is 1. The normalized spacial score (nSPS) is 14.4. The molecule has 122 valence electrons. The smallest absolute Gasteiger partial charge is 0.284 e. The topological polar surface area (TPSA) is 85.9 Å². The quantitative estimate of drug-likeness (QED) is 0.704. The van der Waals surface area contributed by atoms with E-state index in [1.165, 1.54) is 15.6 Å². The van der Waals surface area contributed by atoms with Crippen molar-refractivity contribution >= 4 is 17.1 Å². The Balaban J connectivity index is 1.69. The monoisotopic (exact) mass is 324 g/mol. The second-order valence-corrected chi connectivity index (χ2v) is 5.77. The Morgan fingerprint density at radius 3 is 2.62 bits per heavy atom. The van der Waals surface area contributed by atoms with E-state index >= 15 is 0 Å². The molecule has 1 aliphatic rings. The van der Waals surface area contributed by atoms with E-state index in [4.69, 9.17) is 0 Å². The molecule has 0 aliphatic carbocycles. The molecular formula is C16H16N6O2. The van der Waals surface area contributed by atoms with Crippen molar-refractivity contribution in [3.8, 4) is 5.69 Å². The summed E-state index contributed by atoms with van der Waals surface area (Å²) < 4.78 is 2.82. The number of amides is 1. The van der Waals surface area contributed by atoms with Crippen molar-refractivity contribution in [3.05, 3.63) is 47.0 Å². The highest BCUT2D eigenvalue weighted by Crippen LogP contribution is 2.11. The molecule has 2 aromatic heterocycles.